The van der Waals surface area contributed by atoms with Crippen LogP contribution in [0.15, 0.2) is 78.4 Å². The summed E-state index contributed by atoms with van der Waals surface area (Å²) in [6, 6.07) is 15.0. The van der Waals surface area contributed by atoms with Gasteiger partial charge in [0.25, 0.3) is 0 Å². The van der Waals surface area contributed by atoms with Crippen molar-refractivity contribution in [1.82, 2.24) is 14.9 Å². The first-order valence-corrected chi connectivity index (χ1v) is 8.52. The van der Waals surface area contributed by atoms with Crippen molar-refractivity contribution in [3.63, 3.8) is 0 Å². The van der Waals surface area contributed by atoms with E-state index in [4.69, 9.17) is 29.7 Å². The van der Waals surface area contributed by atoms with Gasteiger partial charge in [-0.3, -0.25) is 0 Å². The van der Waals surface area contributed by atoms with Gasteiger partial charge in [0.1, 0.15) is 0 Å². The smallest absolute Gasteiger partial charge is 0.872 e. The second-order valence-corrected chi connectivity index (χ2v) is 6.20. The van der Waals surface area contributed by atoms with Gasteiger partial charge in [-0.15, -0.1) is 0 Å². The molecular formula is C19H15ClFeN4OS. The predicted octanol–water partition coefficient (Wildman–Crippen LogP) is 3.58. The maximum Gasteiger partial charge on any atom is 2.00 e. The molecule has 0 aliphatic heterocycles. The van der Waals surface area contributed by atoms with Gasteiger partial charge in [0.05, 0.1) is 0 Å². The van der Waals surface area contributed by atoms with Gasteiger partial charge in [0.15, 0.2) is 5.82 Å². The summed E-state index contributed by atoms with van der Waals surface area (Å²) >= 11 is 11.0. The summed E-state index contributed by atoms with van der Waals surface area (Å²) in [5, 5.41) is 19.7. The number of benzene rings is 1. The average molecular weight is 439 g/mol. The molecule has 8 heteroatoms. The van der Waals surface area contributed by atoms with Gasteiger partial charge in [0, 0.05) is 10.6 Å². The molecule has 27 heavy (non-hydrogen) atoms. The molecule has 138 valence electrons. The summed E-state index contributed by atoms with van der Waals surface area (Å²) < 4.78 is 1.49. The van der Waals surface area contributed by atoms with Crippen LogP contribution in [-0.4, -0.2) is 14.9 Å². The zero-order valence-electron chi connectivity index (χ0n) is 13.9. The summed E-state index contributed by atoms with van der Waals surface area (Å²) in [4.78, 5) is 0. The molecule has 0 saturated carbocycles. The standard InChI is InChI=1S/C14H11ClN4OS.C5H5.Fe/c15-9-5-6-10(13-17-18-14(21)19(13)16)11(7-9)12(20)8-3-1-2-4-8;1-2-4-5-3-1;/h1-7,20H,16H2,(H,18,21);1-5H;/q;-1;+2/p-1. The normalized spacial score (nSPS) is 11.7. The molecule has 4 rings (SSSR count). The molecule has 0 spiro atoms. The number of rotatable bonds is 2. The Labute approximate surface area is 177 Å². The monoisotopic (exact) mass is 438 g/mol. The minimum absolute atomic E-state index is 0. The molecular weight excluding hydrogens is 424 g/mol. The topological polar surface area (TPSA) is 82.7 Å². The van der Waals surface area contributed by atoms with E-state index in [-0.39, 0.29) is 27.6 Å². The molecule has 0 saturated heterocycles. The van der Waals surface area contributed by atoms with Crippen molar-refractivity contribution < 1.29 is 22.2 Å². The number of allylic oxidation sites excluding steroid dienone is 5. The van der Waals surface area contributed by atoms with E-state index in [1.807, 2.05) is 30.3 Å². The number of nitrogen functional groups attached to an aromatic ring is 1. The summed E-state index contributed by atoms with van der Waals surface area (Å²) in [6.07, 6.45) is 7.09. The molecule has 0 amide bonds. The van der Waals surface area contributed by atoms with Crippen LogP contribution < -0.4 is 10.9 Å². The van der Waals surface area contributed by atoms with Crippen molar-refractivity contribution in [2.45, 2.75) is 0 Å². The third-order valence-corrected chi connectivity index (χ3v) is 4.18. The zero-order chi connectivity index (χ0) is 18.5. The van der Waals surface area contributed by atoms with Crippen LogP contribution in [0.25, 0.3) is 17.1 Å². The van der Waals surface area contributed by atoms with E-state index in [1.165, 1.54) is 4.68 Å². The van der Waals surface area contributed by atoms with Gasteiger partial charge in [-0.1, -0.05) is 41.7 Å². The number of nitrogens with two attached hydrogens (primary N) is 1. The SMILES string of the molecule is Nn1c(-c2ccc(Cl)cc2C([O-])=C2C=CC=C2)n[nH]c1=S.[Fe+2].c1cc[cH-]c1. The van der Waals surface area contributed by atoms with E-state index in [0.29, 0.717) is 27.5 Å². The van der Waals surface area contributed by atoms with Crippen LogP contribution in [0.2, 0.25) is 5.02 Å². The van der Waals surface area contributed by atoms with Gasteiger partial charge < -0.3 is 10.9 Å². The number of hydrogen-bond acceptors (Lipinski definition) is 4. The first-order chi connectivity index (χ1) is 12.6. The average Bonchev–Trinajstić information content (AvgIpc) is 3.40. The fourth-order valence-corrected chi connectivity index (χ4v) is 2.70. The number of nitrogens with one attached hydrogen (secondary N) is 1. The number of aromatic amines is 1. The third kappa shape index (κ3) is 4.84. The number of hydrogen-bond donors (Lipinski definition) is 2. The molecule has 1 aromatic heterocycles. The Hall–Kier alpha value is -2.44. The number of H-pyrrole nitrogens is 1. The van der Waals surface area contributed by atoms with E-state index in [2.05, 4.69) is 10.2 Å². The predicted molar refractivity (Wildman–Crippen MR) is 105 cm³/mol. The molecule has 3 aromatic rings. The summed E-state index contributed by atoms with van der Waals surface area (Å²) in [7, 11) is 0. The first kappa shape index (κ1) is 20.9. The summed E-state index contributed by atoms with van der Waals surface area (Å²) in [5.74, 6) is 6.07. The molecule has 1 heterocycles. The largest absolute Gasteiger partial charge is 2.00 e. The Morgan fingerprint density at radius 1 is 1.22 bits per heavy atom. The van der Waals surface area contributed by atoms with Crippen LogP contribution in [0.3, 0.4) is 0 Å². The Bertz CT molecular complexity index is 1020. The van der Waals surface area contributed by atoms with Gasteiger partial charge >= 0.3 is 17.1 Å². The summed E-state index contributed by atoms with van der Waals surface area (Å²) in [5.41, 5.74) is 1.58. The van der Waals surface area contributed by atoms with Crippen LogP contribution >= 0.6 is 23.8 Å². The van der Waals surface area contributed by atoms with Crippen molar-refractivity contribution >= 4 is 29.6 Å². The Morgan fingerprint density at radius 2 is 1.89 bits per heavy atom. The molecule has 5 nitrogen and oxygen atoms in total. The fraction of sp³-hybridized carbons (Fsp3) is 0. The van der Waals surface area contributed by atoms with E-state index >= 15 is 0 Å². The van der Waals surface area contributed by atoms with Gasteiger partial charge in [-0.25, -0.2) is 21.9 Å². The Balaban J connectivity index is 0.000000379. The van der Waals surface area contributed by atoms with Gasteiger partial charge in [-0.2, -0.15) is 23.3 Å². The molecule has 0 radical (unpaired) electrons. The molecule has 2 aromatic carbocycles. The van der Waals surface area contributed by atoms with Gasteiger partial charge in [0.2, 0.25) is 4.77 Å². The number of aromatic nitrogens is 3. The zero-order valence-corrected chi connectivity index (χ0v) is 16.6. The van der Waals surface area contributed by atoms with Crippen molar-refractivity contribution in [1.29, 1.82) is 0 Å². The van der Waals surface area contributed by atoms with E-state index in [9.17, 15) is 5.11 Å². The second-order valence-electron chi connectivity index (χ2n) is 5.38. The van der Waals surface area contributed by atoms with Crippen LogP contribution in [0.1, 0.15) is 5.56 Å². The minimum atomic E-state index is -0.147. The number of nitrogens with zero attached hydrogens (tertiary/aromatic N) is 2. The van der Waals surface area contributed by atoms with Crippen molar-refractivity contribution in [2.75, 3.05) is 5.84 Å². The maximum absolute atomic E-state index is 12.6. The first-order valence-electron chi connectivity index (χ1n) is 7.73. The quantitative estimate of drug-likeness (QED) is 0.211. The fourth-order valence-electron chi connectivity index (χ4n) is 2.40. The van der Waals surface area contributed by atoms with Crippen molar-refractivity contribution in [3.05, 3.63) is 93.8 Å². The third-order valence-electron chi connectivity index (χ3n) is 3.65. The molecule has 1 aliphatic carbocycles. The van der Waals surface area contributed by atoms with E-state index in [1.54, 1.807) is 42.5 Å². The van der Waals surface area contributed by atoms with E-state index < -0.39 is 0 Å². The van der Waals surface area contributed by atoms with Gasteiger partial charge in [-0.05, 0) is 41.6 Å². The van der Waals surface area contributed by atoms with Crippen LogP contribution in [0.5, 0.6) is 0 Å². The molecule has 0 bridgehead atoms. The van der Waals surface area contributed by atoms with E-state index in [0.717, 1.165) is 0 Å². The Morgan fingerprint density at radius 3 is 2.41 bits per heavy atom. The molecule has 0 atom stereocenters. The molecule has 0 unspecified atom stereocenters. The molecule has 0 fully saturated rings. The number of halogens is 1. The molecule has 3 N–H and O–H groups in total. The van der Waals surface area contributed by atoms with Crippen LogP contribution in [0, 0.1) is 4.77 Å². The van der Waals surface area contributed by atoms with Crippen LogP contribution in [0.4, 0.5) is 0 Å². The second kappa shape index (κ2) is 9.48. The molecule has 1 aliphatic rings. The van der Waals surface area contributed by atoms with Crippen molar-refractivity contribution in [3.8, 4) is 11.4 Å². The summed E-state index contributed by atoms with van der Waals surface area (Å²) in [6.45, 7) is 0. The maximum atomic E-state index is 12.6. The Kier molecular flexibility index (Phi) is 7.33. The van der Waals surface area contributed by atoms with Crippen LogP contribution in [-0.2, 0) is 17.1 Å². The minimum Gasteiger partial charge on any atom is -0.872 e. The van der Waals surface area contributed by atoms with Crippen molar-refractivity contribution in [2.24, 2.45) is 0 Å².